The Morgan fingerprint density at radius 1 is 1.26 bits per heavy atom. The van der Waals surface area contributed by atoms with Crippen LogP contribution in [0, 0.1) is 17.0 Å². The van der Waals surface area contributed by atoms with Crippen LogP contribution in [0.25, 0.3) is 10.2 Å². The number of nitro groups is 1. The Kier molecular flexibility index (Phi) is 4.49. The molecule has 0 bridgehead atoms. The summed E-state index contributed by atoms with van der Waals surface area (Å²) in [5, 5.41) is 14.9. The number of amides is 1. The summed E-state index contributed by atoms with van der Waals surface area (Å²) >= 11 is 1.62. The molecule has 7 nitrogen and oxygen atoms in total. The Balaban J connectivity index is 1.59. The molecule has 138 valence electrons. The Labute approximate surface area is 159 Å². The Morgan fingerprint density at radius 2 is 2.04 bits per heavy atom. The summed E-state index contributed by atoms with van der Waals surface area (Å²) in [6.07, 6.45) is 2.39. The Morgan fingerprint density at radius 3 is 2.78 bits per heavy atom. The fourth-order valence-electron chi connectivity index (χ4n) is 3.30. The van der Waals surface area contributed by atoms with Gasteiger partial charge < -0.3 is 10.2 Å². The van der Waals surface area contributed by atoms with E-state index >= 15 is 0 Å². The summed E-state index contributed by atoms with van der Waals surface area (Å²) in [5.74, 6) is -0.361. The average Bonchev–Trinajstić information content (AvgIpc) is 3.30. The maximum atomic E-state index is 12.6. The van der Waals surface area contributed by atoms with Crippen LogP contribution >= 0.6 is 11.3 Å². The third kappa shape index (κ3) is 3.35. The molecule has 2 aromatic carbocycles. The summed E-state index contributed by atoms with van der Waals surface area (Å²) in [6.45, 7) is 3.66. The molecule has 0 spiro atoms. The molecule has 0 radical (unpaired) electrons. The molecule has 1 aromatic heterocycles. The Hall–Kier alpha value is -3.00. The van der Waals surface area contributed by atoms with Crippen molar-refractivity contribution in [2.24, 2.45) is 0 Å². The third-order valence-corrected chi connectivity index (χ3v) is 5.84. The minimum absolute atomic E-state index is 0.0594. The molecule has 0 unspecified atom stereocenters. The van der Waals surface area contributed by atoms with Crippen LogP contribution in [0.1, 0.15) is 28.8 Å². The van der Waals surface area contributed by atoms with E-state index in [1.54, 1.807) is 30.4 Å². The molecular weight excluding hydrogens is 364 g/mol. The van der Waals surface area contributed by atoms with E-state index in [1.807, 2.05) is 12.1 Å². The number of nitrogens with zero attached hydrogens (tertiary/aromatic N) is 3. The van der Waals surface area contributed by atoms with Gasteiger partial charge in [0.15, 0.2) is 5.13 Å². The number of carbonyl (C=O) groups is 1. The summed E-state index contributed by atoms with van der Waals surface area (Å²) in [7, 11) is 0. The third-order valence-electron chi connectivity index (χ3n) is 4.76. The molecule has 8 heteroatoms. The second-order valence-corrected chi connectivity index (χ2v) is 7.54. The van der Waals surface area contributed by atoms with E-state index in [-0.39, 0.29) is 11.6 Å². The lowest BCUT2D eigenvalue weighted by Crippen LogP contribution is -2.16. The van der Waals surface area contributed by atoms with Gasteiger partial charge in [0.1, 0.15) is 0 Å². The molecule has 1 amide bonds. The van der Waals surface area contributed by atoms with Crippen LogP contribution in [0.2, 0.25) is 0 Å². The lowest BCUT2D eigenvalue weighted by molar-refractivity contribution is -0.385. The van der Waals surface area contributed by atoms with Crippen LogP contribution in [0.15, 0.2) is 36.4 Å². The van der Waals surface area contributed by atoms with Crippen molar-refractivity contribution >= 4 is 44.0 Å². The van der Waals surface area contributed by atoms with Crippen molar-refractivity contribution in [1.29, 1.82) is 0 Å². The number of benzene rings is 2. The summed E-state index contributed by atoms with van der Waals surface area (Å²) < 4.78 is 1.01. The topological polar surface area (TPSA) is 88.4 Å². The standard InChI is InChI=1S/C19H18N4O3S/c1-12-14(5-4-6-16(12)23(25)26)18(24)20-13-7-8-15-17(11-13)27-19(21-15)22-9-2-3-10-22/h4-8,11H,2-3,9-10H2,1H3,(H,20,24). The molecule has 1 aliphatic heterocycles. The Bertz CT molecular complexity index is 1040. The molecule has 3 aromatic rings. The highest BCUT2D eigenvalue weighted by molar-refractivity contribution is 7.22. The number of aromatic nitrogens is 1. The number of hydrogen-bond donors (Lipinski definition) is 1. The smallest absolute Gasteiger partial charge is 0.273 e. The van der Waals surface area contributed by atoms with E-state index in [0.717, 1.165) is 28.4 Å². The first-order chi connectivity index (χ1) is 13.0. The first kappa shape index (κ1) is 17.4. The zero-order chi connectivity index (χ0) is 19.0. The van der Waals surface area contributed by atoms with Crippen LogP contribution in [0.5, 0.6) is 0 Å². The second-order valence-electron chi connectivity index (χ2n) is 6.53. The van der Waals surface area contributed by atoms with Gasteiger partial charge in [0.2, 0.25) is 0 Å². The number of hydrogen-bond acceptors (Lipinski definition) is 6. The molecule has 2 heterocycles. The number of nitro benzene ring substituents is 1. The molecule has 0 aliphatic carbocycles. The van der Waals surface area contributed by atoms with Crippen LogP contribution < -0.4 is 10.2 Å². The summed E-state index contributed by atoms with van der Waals surface area (Å²) in [4.78, 5) is 30.2. The van der Waals surface area contributed by atoms with E-state index in [0.29, 0.717) is 16.8 Å². The van der Waals surface area contributed by atoms with Gasteiger partial charge in [0, 0.05) is 36.0 Å². The summed E-state index contributed by atoms with van der Waals surface area (Å²) in [6, 6.07) is 10.1. The fraction of sp³-hybridized carbons (Fsp3) is 0.263. The van der Waals surface area contributed by atoms with Crippen molar-refractivity contribution in [3.05, 3.63) is 57.6 Å². The van der Waals surface area contributed by atoms with Crippen molar-refractivity contribution in [2.75, 3.05) is 23.3 Å². The van der Waals surface area contributed by atoms with Crippen molar-refractivity contribution in [1.82, 2.24) is 4.98 Å². The number of nitrogens with one attached hydrogen (secondary N) is 1. The van der Waals surface area contributed by atoms with Crippen LogP contribution in [-0.4, -0.2) is 28.9 Å². The number of anilines is 2. The highest BCUT2D eigenvalue weighted by Crippen LogP contribution is 2.32. The highest BCUT2D eigenvalue weighted by atomic mass is 32.1. The van der Waals surface area contributed by atoms with Crippen LogP contribution in [0.3, 0.4) is 0 Å². The normalized spacial score (nSPS) is 13.9. The van der Waals surface area contributed by atoms with Gasteiger partial charge in [-0.1, -0.05) is 17.4 Å². The zero-order valence-corrected chi connectivity index (χ0v) is 15.6. The lowest BCUT2D eigenvalue weighted by Gasteiger charge is -2.11. The van der Waals surface area contributed by atoms with Crippen molar-refractivity contribution in [3.63, 3.8) is 0 Å². The van der Waals surface area contributed by atoms with Gasteiger partial charge in [0.25, 0.3) is 11.6 Å². The van der Waals surface area contributed by atoms with E-state index < -0.39 is 4.92 Å². The number of thiazole rings is 1. The maximum absolute atomic E-state index is 12.6. The van der Waals surface area contributed by atoms with Gasteiger partial charge in [-0.25, -0.2) is 4.98 Å². The van der Waals surface area contributed by atoms with Gasteiger partial charge in [-0.15, -0.1) is 0 Å². The zero-order valence-electron chi connectivity index (χ0n) is 14.8. The van der Waals surface area contributed by atoms with E-state index in [2.05, 4.69) is 15.2 Å². The first-order valence-electron chi connectivity index (χ1n) is 8.74. The molecule has 4 rings (SSSR count). The number of fused-ring (bicyclic) bond motifs is 1. The van der Waals surface area contributed by atoms with E-state index in [1.165, 1.54) is 25.0 Å². The molecule has 1 fully saturated rings. The highest BCUT2D eigenvalue weighted by Gasteiger charge is 2.19. The van der Waals surface area contributed by atoms with Gasteiger partial charge in [-0.05, 0) is 44.0 Å². The lowest BCUT2D eigenvalue weighted by atomic mass is 10.1. The van der Waals surface area contributed by atoms with Gasteiger partial charge in [-0.2, -0.15) is 0 Å². The van der Waals surface area contributed by atoms with Gasteiger partial charge in [-0.3, -0.25) is 14.9 Å². The van der Waals surface area contributed by atoms with E-state index in [9.17, 15) is 14.9 Å². The number of carbonyl (C=O) groups excluding carboxylic acids is 1. The van der Waals surface area contributed by atoms with E-state index in [4.69, 9.17) is 0 Å². The second kappa shape index (κ2) is 6.96. The van der Waals surface area contributed by atoms with Gasteiger partial charge >= 0.3 is 0 Å². The monoisotopic (exact) mass is 382 g/mol. The molecule has 1 N–H and O–H groups in total. The molecule has 1 saturated heterocycles. The van der Waals surface area contributed by atoms with Crippen LogP contribution in [-0.2, 0) is 0 Å². The summed E-state index contributed by atoms with van der Waals surface area (Å²) in [5.41, 5.74) is 2.15. The first-order valence-corrected chi connectivity index (χ1v) is 9.55. The maximum Gasteiger partial charge on any atom is 0.273 e. The van der Waals surface area contributed by atoms with Crippen molar-refractivity contribution in [2.45, 2.75) is 19.8 Å². The number of rotatable bonds is 4. The van der Waals surface area contributed by atoms with Crippen molar-refractivity contribution in [3.8, 4) is 0 Å². The predicted octanol–water partition coefficient (Wildman–Crippen LogP) is 4.37. The predicted molar refractivity (Wildman–Crippen MR) is 107 cm³/mol. The molecule has 0 atom stereocenters. The minimum atomic E-state index is -0.477. The molecule has 27 heavy (non-hydrogen) atoms. The van der Waals surface area contributed by atoms with Crippen molar-refractivity contribution < 1.29 is 9.72 Å². The molecule has 0 saturated carbocycles. The van der Waals surface area contributed by atoms with Gasteiger partial charge in [0.05, 0.1) is 15.1 Å². The minimum Gasteiger partial charge on any atom is -0.348 e. The quantitative estimate of drug-likeness (QED) is 0.535. The molecular formula is C19H18N4O3S. The fourth-order valence-corrected chi connectivity index (χ4v) is 4.36. The average molecular weight is 382 g/mol. The largest absolute Gasteiger partial charge is 0.348 e. The van der Waals surface area contributed by atoms with Crippen LogP contribution in [0.4, 0.5) is 16.5 Å². The SMILES string of the molecule is Cc1c(C(=O)Nc2ccc3nc(N4CCCC4)sc3c2)cccc1[N+](=O)[O-]. The molecule has 1 aliphatic rings.